The number of aliphatic hydroxyl groups is 1. The summed E-state index contributed by atoms with van der Waals surface area (Å²) in [5.41, 5.74) is 1.21. The van der Waals surface area contributed by atoms with Crippen molar-refractivity contribution in [3.8, 4) is 0 Å². The quantitative estimate of drug-likeness (QED) is 0.627. The summed E-state index contributed by atoms with van der Waals surface area (Å²) in [6, 6.07) is 8.51. The lowest BCUT2D eigenvalue weighted by atomic mass is 10.1. The third-order valence-electron chi connectivity index (χ3n) is 6.11. The van der Waals surface area contributed by atoms with Crippen molar-refractivity contribution in [3.05, 3.63) is 24.3 Å². The van der Waals surface area contributed by atoms with Gasteiger partial charge < -0.3 is 20.1 Å². The minimum atomic E-state index is -0.0945. The van der Waals surface area contributed by atoms with Crippen LogP contribution in [0.4, 0.5) is 5.82 Å². The van der Waals surface area contributed by atoms with Crippen LogP contribution in [0.15, 0.2) is 24.3 Å². The number of likely N-dealkylation sites (tertiary alicyclic amines) is 1. The average Bonchev–Trinajstić information content (AvgIpc) is 3.11. The molecular formula is C22H35N5O2. The lowest BCUT2D eigenvalue weighted by Gasteiger charge is -2.29. The number of piperidine rings is 1. The third-order valence-corrected chi connectivity index (χ3v) is 6.11. The van der Waals surface area contributed by atoms with Crippen LogP contribution in [0.5, 0.6) is 0 Å². The first-order valence-electron chi connectivity index (χ1n) is 11.2. The molecule has 0 atom stereocenters. The molecule has 0 saturated carbocycles. The minimum absolute atomic E-state index is 0.0945. The highest BCUT2D eigenvalue weighted by atomic mass is 16.5. The Morgan fingerprint density at radius 2 is 1.69 bits per heavy atom. The van der Waals surface area contributed by atoms with E-state index in [2.05, 4.69) is 44.1 Å². The van der Waals surface area contributed by atoms with Gasteiger partial charge in [0.1, 0.15) is 0 Å². The Morgan fingerprint density at radius 3 is 2.52 bits per heavy atom. The summed E-state index contributed by atoms with van der Waals surface area (Å²) in [4.78, 5) is 4.94. The molecule has 2 saturated heterocycles. The monoisotopic (exact) mass is 401 g/mol. The molecule has 7 nitrogen and oxygen atoms in total. The number of hydrogen-bond acceptors (Lipinski definition) is 6. The number of ether oxygens (including phenoxy) is 1. The van der Waals surface area contributed by atoms with Gasteiger partial charge in [0, 0.05) is 51.2 Å². The number of aryl methyl sites for hydroxylation is 1. The number of fused-ring (bicyclic) bond motifs is 1. The van der Waals surface area contributed by atoms with Crippen molar-refractivity contribution >= 4 is 16.7 Å². The van der Waals surface area contributed by atoms with Gasteiger partial charge in [0.05, 0.1) is 24.8 Å². The molecular weight excluding hydrogens is 366 g/mol. The van der Waals surface area contributed by atoms with Crippen molar-refractivity contribution in [1.82, 2.24) is 19.6 Å². The van der Waals surface area contributed by atoms with Gasteiger partial charge in [0.15, 0.2) is 5.82 Å². The Hall–Kier alpha value is -1.67. The van der Waals surface area contributed by atoms with Crippen molar-refractivity contribution in [2.45, 2.75) is 38.3 Å². The van der Waals surface area contributed by atoms with Crippen LogP contribution in [0.2, 0.25) is 0 Å². The number of nitrogens with one attached hydrogen (secondary N) is 1. The molecule has 3 heterocycles. The first-order valence-corrected chi connectivity index (χ1v) is 11.2. The van der Waals surface area contributed by atoms with Gasteiger partial charge in [-0.2, -0.15) is 5.10 Å². The van der Waals surface area contributed by atoms with E-state index in [-0.39, 0.29) is 6.10 Å². The van der Waals surface area contributed by atoms with Gasteiger partial charge in [-0.05, 0) is 44.4 Å². The highest BCUT2D eigenvalue weighted by molar-refractivity contribution is 5.90. The second-order valence-corrected chi connectivity index (χ2v) is 8.25. The van der Waals surface area contributed by atoms with Gasteiger partial charge in [-0.1, -0.05) is 12.1 Å². The molecule has 1 aromatic carbocycles. The van der Waals surface area contributed by atoms with Crippen LogP contribution in [0.25, 0.3) is 10.9 Å². The molecule has 0 amide bonds. The van der Waals surface area contributed by atoms with Gasteiger partial charge in [-0.3, -0.25) is 9.58 Å². The van der Waals surface area contributed by atoms with Gasteiger partial charge in [0.25, 0.3) is 0 Å². The second-order valence-electron chi connectivity index (χ2n) is 8.25. The Morgan fingerprint density at radius 1 is 0.966 bits per heavy atom. The molecule has 1 aromatic heterocycles. The second kappa shape index (κ2) is 10.4. The molecule has 0 aliphatic carbocycles. The highest BCUT2D eigenvalue weighted by Crippen LogP contribution is 2.23. The van der Waals surface area contributed by atoms with E-state index in [1.807, 2.05) is 0 Å². The normalized spacial score (nSPS) is 19.8. The van der Waals surface area contributed by atoms with Crippen molar-refractivity contribution < 1.29 is 9.84 Å². The molecule has 0 unspecified atom stereocenters. The van der Waals surface area contributed by atoms with Crippen LogP contribution in [0, 0.1) is 0 Å². The summed E-state index contributed by atoms with van der Waals surface area (Å²) in [7, 11) is 0. The zero-order valence-corrected chi connectivity index (χ0v) is 17.4. The zero-order valence-electron chi connectivity index (χ0n) is 17.4. The average molecular weight is 402 g/mol. The van der Waals surface area contributed by atoms with Crippen molar-refractivity contribution in [2.75, 3.05) is 64.3 Å². The van der Waals surface area contributed by atoms with Crippen LogP contribution in [-0.4, -0.2) is 89.8 Å². The number of para-hydroxylation sites is 1. The molecule has 2 aliphatic heterocycles. The summed E-state index contributed by atoms with van der Waals surface area (Å²) in [6.45, 7) is 9.88. The Kier molecular flexibility index (Phi) is 7.38. The summed E-state index contributed by atoms with van der Waals surface area (Å²) in [5.74, 6) is 1.00. The minimum Gasteiger partial charge on any atom is -0.393 e. The van der Waals surface area contributed by atoms with E-state index in [1.54, 1.807) is 0 Å². The summed E-state index contributed by atoms with van der Waals surface area (Å²) in [5, 5.41) is 19.3. The van der Waals surface area contributed by atoms with E-state index in [1.165, 1.54) is 10.9 Å². The van der Waals surface area contributed by atoms with Gasteiger partial charge in [-0.25, -0.2) is 0 Å². The molecule has 7 heteroatoms. The standard InChI is InChI=1S/C22H35N5O2/c28-19-7-13-25(14-8-19)10-3-9-23-22-20-5-1-2-6-21(20)27(24-22)12-4-11-26-15-17-29-18-16-26/h1-2,5-6,19,28H,3-4,7-18H2,(H,23,24). The molecule has 160 valence electrons. The number of anilines is 1. The first-order chi connectivity index (χ1) is 14.3. The zero-order chi connectivity index (χ0) is 19.9. The number of morpholine rings is 1. The fraction of sp³-hybridized carbons (Fsp3) is 0.682. The van der Waals surface area contributed by atoms with Crippen LogP contribution in [0.3, 0.4) is 0 Å². The van der Waals surface area contributed by atoms with Gasteiger partial charge >= 0.3 is 0 Å². The molecule has 0 radical (unpaired) electrons. The molecule has 2 aliphatic rings. The molecule has 2 N–H and O–H groups in total. The van der Waals surface area contributed by atoms with Crippen molar-refractivity contribution in [2.24, 2.45) is 0 Å². The third kappa shape index (κ3) is 5.69. The van der Waals surface area contributed by atoms with E-state index < -0.39 is 0 Å². The molecule has 0 spiro atoms. The molecule has 0 bridgehead atoms. The predicted molar refractivity (Wildman–Crippen MR) is 116 cm³/mol. The summed E-state index contributed by atoms with van der Waals surface area (Å²) < 4.78 is 7.59. The largest absolute Gasteiger partial charge is 0.393 e. The fourth-order valence-electron chi connectivity index (χ4n) is 4.35. The Labute approximate surface area is 173 Å². The topological polar surface area (TPSA) is 65.8 Å². The van der Waals surface area contributed by atoms with E-state index in [0.29, 0.717) is 0 Å². The summed E-state index contributed by atoms with van der Waals surface area (Å²) in [6.07, 6.45) is 3.92. The van der Waals surface area contributed by atoms with Crippen molar-refractivity contribution in [3.63, 3.8) is 0 Å². The Bertz CT molecular complexity index is 751. The number of aliphatic hydroxyl groups excluding tert-OH is 1. The van der Waals surface area contributed by atoms with Crippen LogP contribution in [0.1, 0.15) is 25.7 Å². The maximum atomic E-state index is 9.63. The van der Waals surface area contributed by atoms with E-state index in [9.17, 15) is 5.11 Å². The molecule has 2 aromatic rings. The van der Waals surface area contributed by atoms with Gasteiger partial charge in [-0.15, -0.1) is 0 Å². The maximum absolute atomic E-state index is 9.63. The lowest BCUT2D eigenvalue weighted by molar-refractivity contribution is 0.0368. The summed E-state index contributed by atoms with van der Waals surface area (Å²) >= 11 is 0. The van der Waals surface area contributed by atoms with Crippen LogP contribution < -0.4 is 5.32 Å². The smallest absolute Gasteiger partial charge is 0.155 e. The predicted octanol–water partition coefficient (Wildman–Crippen LogP) is 2.02. The number of aromatic nitrogens is 2. The maximum Gasteiger partial charge on any atom is 0.155 e. The van der Waals surface area contributed by atoms with E-state index in [0.717, 1.165) is 97.1 Å². The number of hydrogen-bond donors (Lipinski definition) is 2. The van der Waals surface area contributed by atoms with E-state index >= 15 is 0 Å². The SMILES string of the molecule is OC1CCN(CCCNc2nn(CCCN3CCOCC3)c3ccccc23)CC1. The number of rotatable bonds is 9. The Balaban J connectivity index is 1.27. The van der Waals surface area contributed by atoms with E-state index in [4.69, 9.17) is 9.84 Å². The highest BCUT2D eigenvalue weighted by Gasteiger charge is 2.16. The fourth-order valence-corrected chi connectivity index (χ4v) is 4.35. The molecule has 29 heavy (non-hydrogen) atoms. The first kappa shape index (κ1) is 20.6. The number of nitrogens with zero attached hydrogens (tertiary/aromatic N) is 4. The van der Waals surface area contributed by atoms with Crippen molar-refractivity contribution in [1.29, 1.82) is 0 Å². The lowest BCUT2D eigenvalue weighted by Crippen LogP contribution is -2.37. The van der Waals surface area contributed by atoms with Gasteiger partial charge in [0.2, 0.25) is 0 Å². The molecule has 2 fully saturated rings. The van der Waals surface area contributed by atoms with Crippen LogP contribution >= 0.6 is 0 Å². The number of benzene rings is 1. The molecule has 4 rings (SSSR count). The van der Waals surface area contributed by atoms with Crippen LogP contribution in [-0.2, 0) is 11.3 Å².